The number of rotatable bonds is 4. The summed E-state index contributed by atoms with van der Waals surface area (Å²) < 4.78 is 12.4. The van der Waals surface area contributed by atoms with Crippen molar-refractivity contribution in [3.8, 4) is 11.5 Å². The van der Waals surface area contributed by atoms with Crippen molar-refractivity contribution >= 4 is 17.0 Å². The van der Waals surface area contributed by atoms with Crippen LogP contribution < -0.4 is 15.2 Å². The number of anilines is 1. The quantitative estimate of drug-likeness (QED) is 0.799. The molecule has 0 unspecified atom stereocenters. The SMILES string of the molecule is COc1ccc(Cn2c(N)nc3ccc(OC)cc32)cc1. The molecule has 3 aromatic rings. The van der Waals surface area contributed by atoms with E-state index in [0.717, 1.165) is 28.1 Å². The molecule has 0 aliphatic carbocycles. The number of nitrogens with zero attached hydrogens (tertiary/aromatic N) is 2. The van der Waals surface area contributed by atoms with Crippen molar-refractivity contribution in [2.75, 3.05) is 20.0 Å². The minimum absolute atomic E-state index is 0.495. The van der Waals surface area contributed by atoms with Crippen molar-refractivity contribution in [1.82, 2.24) is 9.55 Å². The van der Waals surface area contributed by atoms with Crippen LogP contribution in [0.5, 0.6) is 11.5 Å². The molecule has 5 nitrogen and oxygen atoms in total. The fourth-order valence-corrected chi connectivity index (χ4v) is 2.33. The van der Waals surface area contributed by atoms with Crippen molar-refractivity contribution < 1.29 is 9.47 Å². The molecule has 0 fully saturated rings. The zero-order valence-electron chi connectivity index (χ0n) is 12.0. The maximum absolute atomic E-state index is 6.04. The molecule has 0 radical (unpaired) electrons. The number of hydrogen-bond acceptors (Lipinski definition) is 4. The molecule has 0 saturated carbocycles. The van der Waals surface area contributed by atoms with Gasteiger partial charge in [-0.25, -0.2) is 4.98 Å². The molecule has 0 amide bonds. The predicted octanol–water partition coefficient (Wildman–Crippen LogP) is 2.68. The maximum Gasteiger partial charge on any atom is 0.201 e. The van der Waals surface area contributed by atoms with Crippen LogP contribution in [0.1, 0.15) is 5.56 Å². The molecule has 0 aliphatic rings. The number of ether oxygens (including phenoxy) is 2. The molecule has 0 aliphatic heterocycles. The number of fused-ring (bicyclic) bond motifs is 1. The van der Waals surface area contributed by atoms with Crippen molar-refractivity contribution in [2.24, 2.45) is 0 Å². The molecule has 1 heterocycles. The molecule has 1 aromatic heterocycles. The lowest BCUT2D eigenvalue weighted by molar-refractivity contribution is 0.414. The molecule has 0 spiro atoms. The summed E-state index contributed by atoms with van der Waals surface area (Å²) >= 11 is 0. The third kappa shape index (κ3) is 2.50. The molecule has 0 saturated heterocycles. The first-order valence-corrected chi connectivity index (χ1v) is 6.64. The van der Waals surface area contributed by atoms with E-state index >= 15 is 0 Å². The van der Waals surface area contributed by atoms with Crippen molar-refractivity contribution in [1.29, 1.82) is 0 Å². The summed E-state index contributed by atoms with van der Waals surface area (Å²) in [5.41, 5.74) is 8.99. The molecule has 5 heteroatoms. The van der Waals surface area contributed by atoms with Crippen LogP contribution in [-0.4, -0.2) is 23.8 Å². The zero-order valence-corrected chi connectivity index (χ0v) is 12.0. The Kier molecular flexibility index (Phi) is 3.39. The van der Waals surface area contributed by atoms with Crippen LogP contribution in [0.15, 0.2) is 42.5 Å². The molecule has 2 aromatic carbocycles. The zero-order chi connectivity index (χ0) is 14.8. The second-order valence-corrected chi connectivity index (χ2v) is 4.76. The lowest BCUT2D eigenvalue weighted by Crippen LogP contribution is -2.04. The van der Waals surface area contributed by atoms with Crippen molar-refractivity contribution in [3.63, 3.8) is 0 Å². The van der Waals surface area contributed by atoms with Gasteiger partial charge < -0.3 is 19.8 Å². The Morgan fingerprint density at radius 2 is 1.67 bits per heavy atom. The van der Waals surface area contributed by atoms with E-state index in [2.05, 4.69) is 4.98 Å². The van der Waals surface area contributed by atoms with Crippen LogP contribution in [0, 0.1) is 0 Å². The second kappa shape index (κ2) is 5.36. The summed E-state index contributed by atoms with van der Waals surface area (Å²) in [5, 5.41) is 0. The van der Waals surface area contributed by atoms with E-state index < -0.39 is 0 Å². The van der Waals surface area contributed by atoms with E-state index in [9.17, 15) is 0 Å². The fourth-order valence-electron chi connectivity index (χ4n) is 2.33. The Bertz CT molecular complexity index is 763. The summed E-state index contributed by atoms with van der Waals surface area (Å²) in [7, 11) is 3.30. The van der Waals surface area contributed by atoms with Gasteiger partial charge in [-0.3, -0.25) is 0 Å². The Labute approximate surface area is 122 Å². The van der Waals surface area contributed by atoms with Crippen LogP contribution >= 0.6 is 0 Å². The minimum atomic E-state index is 0.495. The Morgan fingerprint density at radius 1 is 1.00 bits per heavy atom. The van der Waals surface area contributed by atoms with Gasteiger partial charge in [-0.15, -0.1) is 0 Å². The number of hydrogen-bond donors (Lipinski definition) is 1. The molecule has 3 rings (SSSR count). The number of benzene rings is 2. The minimum Gasteiger partial charge on any atom is -0.497 e. The standard InChI is InChI=1S/C16H17N3O2/c1-20-12-5-3-11(4-6-12)10-19-15-9-13(21-2)7-8-14(15)18-16(19)17/h3-9H,10H2,1-2H3,(H2,17,18). The monoisotopic (exact) mass is 283 g/mol. The summed E-state index contributed by atoms with van der Waals surface area (Å²) in [6.07, 6.45) is 0. The van der Waals surface area contributed by atoms with E-state index in [1.165, 1.54) is 0 Å². The first-order valence-electron chi connectivity index (χ1n) is 6.64. The predicted molar refractivity (Wildman–Crippen MR) is 82.8 cm³/mol. The van der Waals surface area contributed by atoms with Crippen LogP contribution in [0.3, 0.4) is 0 Å². The number of methoxy groups -OCH3 is 2. The third-order valence-corrected chi connectivity index (χ3v) is 3.48. The number of aromatic nitrogens is 2. The lowest BCUT2D eigenvalue weighted by Gasteiger charge is -2.08. The highest BCUT2D eigenvalue weighted by atomic mass is 16.5. The Morgan fingerprint density at radius 3 is 2.33 bits per heavy atom. The number of nitrogens with two attached hydrogens (primary N) is 1. The Balaban J connectivity index is 2.00. The van der Waals surface area contributed by atoms with Gasteiger partial charge >= 0.3 is 0 Å². The Hall–Kier alpha value is -2.69. The van der Waals surface area contributed by atoms with E-state index in [-0.39, 0.29) is 0 Å². The van der Waals surface area contributed by atoms with Gasteiger partial charge in [-0.1, -0.05) is 12.1 Å². The molecule has 108 valence electrons. The normalized spacial score (nSPS) is 10.8. The highest BCUT2D eigenvalue weighted by molar-refractivity contribution is 5.80. The van der Waals surface area contributed by atoms with Crippen LogP contribution in [0.25, 0.3) is 11.0 Å². The van der Waals surface area contributed by atoms with Crippen LogP contribution in [-0.2, 0) is 6.54 Å². The maximum atomic E-state index is 6.04. The van der Waals surface area contributed by atoms with Gasteiger partial charge in [0.15, 0.2) is 0 Å². The van der Waals surface area contributed by atoms with Gasteiger partial charge in [0.05, 0.1) is 31.8 Å². The van der Waals surface area contributed by atoms with Crippen LogP contribution in [0.4, 0.5) is 5.95 Å². The summed E-state index contributed by atoms with van der Waals surface area (Å²) in [6.45, 7) is 0.652. The highest BCUT2D eigenvalue weighted by Gasteiger charge is 2.09. The summed E-state index contributed by atoms with van der Waals surface area (Å²) in [4.78, 5) is 4.38. The first-order chi connectivity index (χ1) is 10.2. The first kappa shape index (κ1) is 13.3. The molecule has 0 atom stereocenters. The fraction of sp³-hybridized carbons (Fsp3) is 0.188. The number of nitrogen functional groups attached to an aromatic ring is 1. The van der Waals surface area contributed by atoms with Gasteiger partial charge in [-0.2, -0.15) is 0 Å². The van der Waals surface area contributed by atoms with Crippen molar-refractivity contribution in [2.45, 2.75) is 6.54 Å². The van der Waals surface area contributed by atoms with Gasteiger partial charge in [0.25, 0.3) is 0 Å². The van der Waals surface area contributed by atoms with E-state index in [4.69, 9.17) is 15.2 Å². The van der Waals surface area contributed by atoms with Crippen molar-refractivity contribution in [3.05, 3.63) is 48.0 Å². The van der Waals surface area contributed by atoms with Crippen LogP contribution in [0.2, 0.25) is 0 Å². The average Bonchev–Trinajstić information content (AvgIpc) is 2.83. The average molecular weight is 283 g/mol. The van der Waals surface area contributed by atoms with Gasteiger partial charge in [0.2, 0.25) is 5.95 Å². The second-order valence-electron chi connectivity index (χ2n) is 4.76. The smallest absolute Gasteiger partial charge is 0.201 e. The van der Waals surface area contributed by atoms with E-state index in [1.54, 1.807) is 14.2 Å². The van der Waals surface area contributed by atoms with Gasteiger partial charge in [-0.05, 0) is 29.8 Å². The number of imidazole rings is 1. The third-order valence-electron chi connectivity index (χ3n) is 3.48. The molecule has 21 heavy (non-hydrogen) atoms. The van der Waals surface area contributed by atoms with Gasteiger partial charge in [0.1, 0.15) is 11.5 Å². The molecular formula is C16H17N3O2. The molecule has 2 N–H and O–H groups in total. The molecule has 0 bridgehead atoms. The highest BCUT2D eigenvalue weighted by Crippen LogP contribution is 2.24. The lowest BCUT2D eigenvalue weighted by atomic mass is 10.2. The van der Waals surface area contributed by atoms with Gasteiger partial charge in [0, 0.05) is 6.07 Å². The summed E-state index contributed by atoms with van der Waals surface area (Å²) in [6, 6.07) is 13.6. The van der Waals surface area contributed by atoms with E-state index in [0.29, 0.717) is 12.5 Å². The largest absolute Gasteiger partial charge is 0.497 e. The summed E-state index contributed by atoms with van der Waals surface area (Å²) in [5.74, 6) is 2.12. The van der Waals surface area contributed by atoms with E-state index in [1.807, 2.05) is 47.0 Å². The molecular weight excluding hydrogens is 266 g/mol. The topological polar surface area (TPSA) is 62.3 Å².